The van der Waals surface area contributed by atoms with Gasteiger partial charge in [-0.15, -0.1) is 0 Å². The van der Waals surface area contributed by atoms with Crippen molar-refractivity contribution in [1.82, 2.24) is 14.2 Å². The number of rotatable bonds is 4. The van der Waals surface area contributed by atoms with Crippen molar-refractivity contribution < 1.29 is 22.7 Å². The van der Waals surface area contributed by atoms with Crippen LogP contribution in [0.4, 0.5) is 5.69 Å². The molecule has 2 aliphatic heterocycles. The smallest absolute Gasteiger partial charge is 0.262 e. The number of H-pyrrole nitrogens is 1. The number of aromatic nitrogens is 1. The largest absolute Gasteiger partial charge is 0.482 e. The van der Waals surface area contributed by atoms with E-state index in [4.69, 9.17) is 4.74 Å². The molecule has 0 bridgehead atoms. The fraction of sp³-hybridized carbons (Fsp3) is 0.304. The predicted octanol–water partition coefficient (Wildman–Crippen LogP) is 1.88. The maximum atomic E-state index is 13.3. The minimum Gasteiger partial charge on any atom is -0.482 e. The van der Waals surface area contributed by atoms with E-state index in [-0.39, 0.29) is 42.8 Å². The van der Waals surface area contributed by atoms with Crippen molar-refractivity contribution in [2.75, 3.05) is 38.1 Å². The van der Waals surface area contributed by atoms with Crippen LogP contribution in [0.25, 0.3) is 10.9 Å². The number of fused-ring (bicyclic) bond motifs is 2. The number of para-hydroxylation sites is 1. The third kappa shape index (κ3) is 3.96. The second kappa shape index (κ2) is 8.20. The quantitative estimate of drug-likeness (QED) is 0.607. The summed E-state index contributed by atoms with van der Waals surface area (Å²) in [5.74, 6) is 0.0446. The molecule has 1 aromatic heterocycles. The first-order valence-electron chi connectivity index (χ1n) is 10.7. The zero-order valence-electron chi connectivity index (χ0n) is 18.1. The summed E-state index contributed by atoms with van der Waals surface area (Å²) in [6, 6.07) is 10.9. The molecule has 0 saturated carbocycles. The number of carbonyl (C=O) groups excluding carboxylic acids is 2. The monoisotopic (exact) mass is 468 g/mol. The Morgan fingerprint density at radius 2 is 1.88 bits per heavy atom. The van der Waals surface area contributed by atoms with Gasteiger partial charge in [-0.1, -0.05) is 18.2 Å². The average molecular weight is 469 g/mol. The highest BCUT2D eigenvalue weighted by Crippen LogP contribution is 2.34. The topological polar surface area (TPSA) is 112 Å². The molecule has 10 heteroatoms. The van der Waals surface area contributed by atoms with Crippen molar-refractivity contribution in [3.8, 4) is 5.75 Å². The van der Waals surface area contributed by atoms with Crippen molar-refractivity contribution in [3.63, 3.8) is 0 Å². The van der Waals surface area contributed by atoms with E-state index in [9.17, 15) is 18.0 Å². The van der Waals surface area contributed by atoms with Gasteiger partial charge in [0.05, 0.1) is 17.0 Å². The molecule has 3 heterocycles. The lowest BCUT2D eigenvalue weighted by molar-refractivity contribution is -0.131. The van der Waals surface area contributed by atoms with Gasteiger partial charge in [0, 0.05) is 49.3 Å². The van der Waals surface area contributed by atoms with Crippen LogP contribution in [0.1, 0.15) is 11.1 Å². The van der Waals surface area contributed by atoms with E-state index in [2.05, 4.69) is 10.3 Å². The van der Waals surface area contributed by atoms with E-state index in [1.807, 2.05) is 30.5 Å². The first-order valence-corrected chi connectivity index (χ1v) is 12.2. The van der Waals surface area contributed by atoms with Crippen LogP contribution in [0.2, 0.25) is 0 Å². The molecule has 2 N–H and O–H groups in total. The number of aryl methyl sites for hydroxylation is 1. The lowest BCUT2D eigenvalue weighted by Crippen LogP contribution is -2.51. The molecule has 0 aliphatic carbocycles. The van der Waals surface area contributed by atoms with Crippen LogP contribution >= 0.6 is 0 Å². The summed E-state index contributed by atoms with van der Waals surface area (Å²) in [6.45, 7) is 2.64. The molecule has 1 fully saturated rings. The van der Waals surface area contributed by atoms with Crippen LogP contribution in [0.3, 0.4) is 0 Å². The molecule has 0 unspecified atom stereocenters. The molecule has 2 amide bonds. The Morgan fingerprint density at radius 3 is 2.67 bits per heavy atom. The van der Waals surface area contributed by atoms with Crippen molar-refractivity contribution in [1.29, 1.82) is 0 Å². The number of aromatic amines is 1. The summed E-state index contributed by atoms with van der Waals surface area (Å²) in [6.07, 6.45) is 2.12. The minimum absolute atomic E-state index is 0.0223. The second-order valence-electron chi connectivity index (χ2n) is 8.27. The second-order valence-corrected chi connectivity index (χ2v) is 10.2. The predicted molar refractivity (Wildman–Crippen MR) is 123 cm³/mol. The SMILES string of the molecule is Cc1cc2c(cc1S(=O)(=O)N1CCN(C(=O)Cc3c[nH]c4ccccc34)CC1)OCC(=O)N2. The molecular weight excluding hydrogens is 444 g/mol. The number of hydrogen-bond donors (Lipinski definition) is 2. The molecule has 2 aliphatic rings. The first kappa shape index (κ1) is 21.5. The van der Waals surface area contributed by atoms with E-state index in [0.717, 1.165) is 16.5 Å². The Hall–Kier alpha value is -3.37. The molecular formula is C23H24N4O5S. The Balaban J connectivity index is 1.27. The number of benzene rings is 2. The van der Waals surface area contributed by atoms with Crippen LogP contribution in [0.5, 0.6) is 5.75 Å². The molecule has 0 radical (unpaired) electrons. The number of amides is 2. The number of piperazine rings is 1. The van der Waals surface area contributed by atoms with Gasteiger partial charge in [-0.2, -0.15) is 4.31 Å². The van der Waals surface area contributed by atoms with Gasteiger partial charge in [0.2, 0.25) is 15.9 Å². The normalized spacial score (nSPS) is 16.9. The molecule has 0 spiro atoms. The van der Waals surface area contributed by atoms with Crippen LogP contribution in [0.15, 0.2) is 47.5 Å². The minimum atomic E-state index is -3.77. The van der Waals surface area contributed by atoms with Crippen molar-refractivity contribution in [2.45, 2.75) is 18.2 Å². The Kier molecular flexibility index (Phi) is 5.34. The molecule has 0 atom stereocenters. The van der Waals surface area contributed by atoms with Gasteiger partial charge in [0.25, 0.3) is 5.91 Å². The van der Waals surface area contributed by atoms with Crippen LogP contribution < -0.4 is 10.1 Å². The summed E-state index contributed by atoms with van der Waals surface area (Å²) in [4.78, 5) is 29.4. The number of ether oxygens (including phenoxy) is 1. The van der Waals surface area contributed by atoms with Crippen LogP contribution in [-0.2, 0) is 26.0 Å². The highest BCUT2D eigenvalue weighted by atomic mass is 32.2. The maximum Gasteiger partial charge on any atom is 0.262 e. The average Bonchev–Trinajstić information content (AvgIpc) is 3.21. The molecule has 2 aromatic carbocycles. The van der Waals surface area contributed by atoms with E-state index in [0.29, 0.717) is 30.1 Å². The van der Waals surface area contributed by atoms with Gasteiger partial charge >= 0.3 is 0 Å². The lowest BCUT2D eigenvalue weighted by atomic mass is 10.1. The van der Waals surface area contributed by atoms with E-state index < -0.39 is 10.0 Å². The number of sulfonamides is 1. The number of nitrogens with one attached hydrogen (secondary N) is 2. The van der Waals surface area contributed by atoms with Crippen molar-refractivity contribution in [3.05, 3.63) is 53.7 Å². The Bertz CT molecular complexity index is 1360. The molecule has 5 rings (SSSR count). The van der Waals surface area contributed by atoms with Crippen LogP contribution in [0, 0.1) is 6.92 Å². The van der Waals surface area contributed by atoms with Gasteiger partial charge in [-0.25, -0.2) is 8.42 Å². The van der Waals surface area contributed by atoms with Gasteiger partial charge in [-0.3, -0.25) is 9.59 Å². The third-order valence-electron chi connectivity index (χ3n) is 6.14. The molecule has 3 aromatic rings. The number of anilines is 1. The number of hydrogen-bond acceptors (Lipinski definition) is 5. The summed E-state index contributed by atoms with van der Waals surface area (Å²) in [7, 11) is -3.77. The summed E-state index contributed by atoms with van der Waals surface area (Å²) >= 11 is 0. The van der Waals surface area contributed by atoms with Gasteiger partial charge in [-0.05, 0) is 30.2 Å². The van der Waals surface area contributed by atoms with E-state index in [1.165, 1.54) is 10.4 Å². The summed E-state index contributed by atoms with van der Waals surface area (Å²) < 4.78 is 33.4. The first-order chi connectivity index (χ1) is 15.8. The zero-order valence-corrected chi connectivity index (χ0v) is 18.9. The van der Waals surface area contributed by atoms with E-state index >= 15 is 0 Å². The third-order valence-corrected chi connectivity index (χ3v) is 8.18. The molecule has 33 heavy (non-hydrogen) atoms. The lowest BCUT2D eigenvalue weighted by Gasteiger charge is -2.34. The fourth-order valence-corrected chi connectivity index (χ4v) is 6.01. The number of carbonyl (C=O) groups is 2. The zero-order chi connectivity index (χ0) is 23.2. The van der Waals surface area contributed by atoms with Gasteiger partial charge < -0.3 is 19.9 Å². The van der Waals surface area contributed by atoms with Crippen molar-refractivity contribution >= 4 is 38.4 Å². The van der Waals surface area contributed by atoms with Gasteiger partial charge in [0.1, 0.15) is 5.75 Å². The van der Waals surface area contributed by atoms with Gasteiger partial charge in [0.15, 0.2) is 6.61 Å². The molecule has 9 nitrogen and oxygen atoms in total. The maximum absolute atomic E-state index is 13.3. The fourth-order valence-electron chi connectivity index (χ4n) is 4.36. The Morgan fingerprint density at radius 1 is 1.12 bits per heavy atom. The molecule has 172 valence electrons. The summed E-state index contributed by atoms with van der Waals surface area (Å²) in [5.41, 5.74) is 2.91. The number of nitrogens with zero attached hydrogens (tertiary/aromatic N) is 2. The highest BCUT2D eigenvalue weighted by molar-refractivity contribution is 7.89. The summed E-state index contributed by atoms with van der Waals surface area (Å²) in [5, 5.41) is 3.71. The van der Waals surface area contributed by atoms with E-state index in [1.54, 1.807) is 17.9 Å². The standard InChI is InChI=1S/C23H24N4O5S/c1-15-10-19-20(32-14-22(28)25-19)12-21(15)33(30,31)27-8-6-26(7-9-27)23(29)11-16-13-24-18-5-3-2-4-17(16)18/h2-5,10,12-13,24H,6-9,11,14H2,1H3,(H,25,28). The van der Waals surface area contributed by atoms with Crippen LogP contribution in [-0.4, -0.2) is 67.2 Å². The van der Waals surface area contributed by atoms with Crippen molar-refractivity contribution in [2.24, 2.45) is 0 Å². The Labute approximate surface area is 191 Å². The molecule has 1 saturated heterocycles. The highest BCUT2D eigenvalue weighted by Gasteiger charge is 2.32.